The average molecular weight is 290 g/mol. The molecule has 0 bridgehead atoms. The molecule has 2 nitrogen and oxygen atoms in total. The zero-order chi connectivity index (χ0) is 15.2. The van der Waals surface area contributed by atoms with E-state index in [9.17, 15) is 0 Å². The molecule has 2 heteroatoms. The molecule has 0 aliphatic heterocycles. The molecular formula is C19H34N2. The lowest BCUT2D eigenvalue weighted by Gasteiger charge is -2.16. The molecule has 0 heterocycles. The van der Waals surface area contributed by atoms with E-state index >= 15 is 0 Å². The van der Waals surface area contributed by atoms with Crippen molar-refractivity contribution >= 4 is 0 Å². The van der Waals surface area contributed by atoms with Crippen LogP contribution in [0.5, 0.6) is 0 Å². The fourth-order valence-corrected chi connectivity index (χ4v) is 2.60. The van der Waals surface area contributed by atoms with Gasteiger partial charge in [0.15, 0.2) is 0 Å². The monoisotopic (exact) mass is 290 g/mol. The first-order valence-corrected chi connectivity index (χ1v) is 8.76. The highest BCUT2D eigenvalue weighted by Crippen LogP contribution is 2.04. The first-order valence-electron chi connectivity index (χ1n) is 8.76. The molecule has 21 heavy (non-hydrogen) atoms. The summed E-state index contributed by atoms with van der Waals surface area (Å²) in [6, 6.07) is 10.7. The van der Waals surface area contributed by atoms with Crippen LogP contribution in [0.1, 0.15) is 57.4 Å². The van der Waals surface area contributed by atoms with E-state index < -0.39 is 0 Å². The summed E-state index contributed by atoms with van der Waals surface area (Å²) in [5.41, 5.74) is 1.40. The third-order valence-corrected chi connectivity index (χ3v) is 3.90. The van der Waals surface area contributed by atoms with Crippen molar-refractivity contribution in [2.24, 2.45) is 0 Å². The first-order chi connectivity index (χ1) is 10.3. The Bertz CT molecular complexity index is 324. The van der Waals surface area contributed by atoms with Gasteiger partial charge in [0.25, 0.3) is 0 Å². The van der Waals surface area contributed by atoms with Gasteiger partial charge in [0, 0.05) is 6.54 Å². The second kappa shape index (κ2) is 12.8. The predicted octanol–water partition coefficient (Wildman–Crippen LogP) is 4.46. The van der Waals surface area contributed by atoms with Gasteiger partial charge in [-0.1, -0.05) is 69.4 Å². The highest BCUT2D eigenvalue weighted by atomic mass is 15.1. The molecule has 0 amide bonds. The maximum atomic E-state index is 3.57. The van der Waals surface area contributed by atoms with E-state index in [0.29, 0.717) is 0 Å². The minimum atomic E-state index is 1.05. The largest absolute Gasteiger partial charge is 0.317 e. The Kier molecular flexibility index (Phi) is 11.1. The second-order valence-electron chi connectivity index (χ2n) is 6.09. The molecular weight excluding hydrogens is 256 g/mol. The number of rotatable bonds is 13. The van der Waals surface area contributed by atoms with Gasteiger partial charge in [0.05, 0.1) is 0 Å². The minimum absolute atomic E-state index is 1.05. The Balaban J connectivity index is 1.87. The molecule has 1 aromatic carbocycles. The van der Waals surface area contributed by atoms with Crippen molar-refractivity contribution in [1.82, 2.24) is 10.2 Å². The van der Waals surface area contributed by atoms with E-state index in [4.69, 9.17) is 0 Å². The van der Waals surface area contributed by atoms with Gasteiger partial charge in [0.2, 0.25) is 0 Å². The Morgan fingerprint density at radius 2 is 1.52 bits per heavy atom. The van der Waals surface area contributed by atoms with Gasteiger partial charge in [0.1, 0.15) is 0 Å². The first kappa shape index (κ1) is 18.2. The number of hydrogen-bond acceptors (Lipinski definition) is 2. The van der Waals surface area contributed by atoms with Crippen LogP contribution in [-0.2, 0) is 6.54 Å². The fraction of sp³-hybridized carbons (Fsp3) is 0.684. The maximum absolute atomic E-state index is 3.57. The van der Waals surface area contributed by atoms with E-state index in [2.05, 4.69) is 54.5 Å². The summed E-state index contributed by atoms with van der Waals surface area (Å²) in [5.74, 6) is 0. The van der Waals surface area contributed by atoms with Crippen molar-refractivity contribution < 1.29 is 0 Å². The van der Waals surface area contributed by atoms with Gasteiger partial charge in [-0.3, -0.25) is 0 Å². The summed E-state index contributed by atoms with van der Waals surface area (Å²) in [6.45, 7) is 6.83. The number of hydrogen-bond donors (Lipinski definition) is 1. The van der Waals surface area contributed by atoms with Gasteiger partial charge >= 0.3 is 0 Å². The lowest BCUT2D eigenvalue weighted by atomic mass is 10.1. The van der Waals surface area contributed by atoms with Crippen LogP contribution in [0, 0.1) is 0 Å². The third kappa shape index (κ3) is 10.5. The highest BCUT2D eigenvalue weighted by molar-refractivity contribution is 5.14. The van der Waals surface area contributed by atoms with E-state index in [-0.39, 0.29) is 0 Å². The molecule has 0 radical (unpaired) electrons. The van der Waals surface area contributed by atoms with Crippen LogP contribution < -0.4 is 5.32 Å². The minimum Gasteiger partial charge on any atom is -0.317 e. The predicted molar refractivity (Wildman–Crippen MR) is 93.6 cm³/mol. The summed E-state index contributed by atoms with van der Waals surface area (Å²) in [4.78, 5) is 2.40. The number of benzene rings is 1. The maximum Gasteiger partial charge on any atom is 0.0230 e. The molecule has 0 spiro atoms. The molecule has 0 unspecified atom stereocenters. The quantitative estimate of drug-likeness (QED) is 0.540. The molecule has 0 saturated carbocycles. The van der Waals surface area contributed by atoms with Gasteiger partial charge in [-0.25, -0.2) is 0 Å². The zero-order valence-corrected chi connectivity index (χ0v) is 14.1. The van der Waals surface area contributed by atoms with Crippen molar-refractivity contribution in [2.45, 2.75) is 58.4 Å². The summed E-state index contributed by atoms with van der Waals surface area (Å²) >= 11 is 0. The van der Waals surface area contributed by atoms with Crippen LogP contribution in [-0.4, -0.2) is 31.6 Å². The molecule has 0 aliphatic carbocycles. The van der Waals surface area contributed by atoms with E-state index in [1.807, 2.05) is 0 Å². The van der Waals surface area contributed by atoms with Crippen LogP contribution >= 0.6 is 0 Å². The fourth-order valence-electron chi connectivity index (χ4n) is 2.60. The average Bonchev–Trinajstić information content (AvgIpc) is 2.50. The van der Waals surface area contributed by atoms with Gasteiger partial charge in [-0.15, -0.1) is 0 Å². The summed E-state index contributed by atoms with van der Waals surface area (Å²) in [6.07, 6.45) is 9.54. The van der Waals surface area contributed by atoms with Crippen LogP contribution in [0.2, 0.25) is 0 Å². The zero-order valence-electron chi connectivity index (χ0n) is 14.1. The Morgan fingerprint density at radius 1 is 0.857 bits per heavy atom. The SMILES string of the molecule is CCCCCCCCNCCCN(C)Cc1ccccc1. The second-order valence-corrected chi connectivity index (χ2v) is 6.09. The van der Waals surface area contributed by atoms with Crippen molar-refractivity contribution in [3.8, 4) is 0 Å². The molecule has 0 fully saturated rings. The normalized spacial score (nSPS) is 11.2. The molecule has 0 atom stereocenters. The Labute approximate surface area is 131 Å². The molecule has 1 N–H and O–H groups in total. The lowest BCUT2D eigenvalue weighted by molar-refractivity contribution is 0.319. The Hall–Kier alpha value is -0.860. The number of unbranched alkanes of at least 4 members (excludes halogenated alkanes) is 5. The van der Waals surface area contributed by atoms with E-state index in [1.54, 1.807) is 0 Å². The van der Waals surface area contributed by atoms with Gasteiger partial charge < -0.3 is 10.2 Å². The molecule has 1 aromatic rings. The van der Waals surface area contributed by atoms with Crippen LogP contribution in [0.4, 0.5) is 0 Å². The van der Waals surface area contributed by atoms with Crippen molar-refractivity contribution in [1.29, 1.82) is 0 Å². The van der Waals surface area contributed by atoms with E-state index in [1.165, 1.54) is 63.6 Å². The summed E-state index contributed by atoms with van der Waals surface area (Å²) in [7, 11) is 2.21. The molecule has 1 rings (SSSR count). The van der Waals surface area contributed by atoms with Crippen molar-refractivity contribution in [3.63, 3.8) is 0 Å². The smallest absolute Gasteiger partial charge is 0.0230 e. The summed E-state index contributed by atoms with van der Waals surface area (Å²) in [5, 5.41) is 3.57. The van der Waals surface area contributed by atoms with Gasteiger partial charge in [-0.05, 0) is 45.1 Å². The van der Waals surface area contributed by atoms with Crippen LogP contribution in [0.25, 0.3) is 0 Å². The third-order valence-electron chi connectivity index (χ3n) is 3.90. The molecule has 0 aliphatic rings. The van der Waals surface area contributed by atoms with Gasteiger partial charge in [-0.2, -0.15) is 0 Å². The molecule has 0 saturated heterocycles. The van der Waals surface area contributed by atoms with Crippen LogP contribution in [0.3, 0.4) is 0 Å². The molecule has 0 aromatic heterocycles. The van der Waals surface area contributed by atoms with E-state index in [0.717, 1.165) is 13.1 Å². The van der Waals surface area contributed by atoms with Crippen molar-refractivity contribution in [3.05, 3.63) is 35.9 Å². The highest BCUT2D eigenvalue weighted by Gasteiger charge is 1.99. The Morgan fingerprint density at radius 3 is 2.29 bits per heavy atom. The summed E-state index contributed by atoms with van der Waals surface area (Å²) < 4.78 is 0. The lowest BCUT2D eigenvalue weighted by Crippen LogP contribution is -2.24. The topological polar surface area (TPSA) is 15.3 Å². The number of nitrogens with one attached hydrogen (secondary N) is 1. The number of nitrogens with zero attached hydrogens (tertiary/aromatic N) is 1. The van der Waals surface area contributed by atoms with Crippen molar-refractivity contribution in [2.75, 3.05) is 26.7 Å². The standard InChI is InChI=1S/C19H34N2/c1-3-4-5-6-7-11-15-20-16-12-17-21(2)18-19-13-9-8-10-14-19/h8-10,13-14,20H,3-7,11-12,15-18H2,1-2H3. The molecule has 120 valence electrons. The van der Waals surface area contributed by atoms with Crippen LogP contribution in [0.15, 0.2) is 30.3 Å².